The first-order valence-electron chi connectivity index (χ1n) is 11.9. The van der Waals surface area contributed by atoms with E-state index < -0.39 is 0 Å². The fourth-order valence-corrected chi connectivity index (χ4v) is 5.16. The Kier molecular flexibility index (Phi) is 4.27. The van der Waals surface area contributed by atoms with E-state index in [0.29, 0.717) is 0 Å². The van der Waals surface area contributed by atoms with E-state index in [1.165, 1.54) is 22.3 Å². The van der Waals surface area contributed by atoms with E-state index in [2.05, 4.69) is 85.5 Å². The summed E-state index contributed by atoms with van der Waals surface area (Å²) in [5.41, 5.74) is 10.2. The largest absolute Gasteiger partial charge is 0.453 e. The zero-order valence-corrected chi connectivity index (χ0v) is 19.6. The highest BCUT2D eigenvalue weighted by molar-refractivity contribution is 5.95. The second-order valence-corrected chi connectivity index (χ2v) is 9.14. The first-order chi connectivity index (χ1) is 17.2. The topological polar surface area (TPSA) is 21.7 Å². The maximum absolute atomic E-state index is 6.44. The fourth-order valence-electron chi connectivity index (χ4n) is 5.16. The molecule has 168 valence electrons. The van der Waals surface area contributed by atoms with Crippen LogP contribution in [-0.4, -0.2) is 0 Å². The summed E-state index contributed by atoms with van der Waals surface area (Å²) in [6.07, 6.45) is 0. The molecule has 35 heavy (non-hydrogen) atoms. The van der Waals surface area contributed by atoms with Crippen molar-refractivity contribution in [1.82, 2.24) is 0 Å². The SMILES string of the molecule is Cc1ccccc1-c1cc(-c2cc3c4c(c2)Oc2ccccc2N4c2ccccc2O3)ccc1C. The third-order valence-electron chi connectivity index (χ3n) is 6.92. The van der Waals surface area contributed by atoms with Gasteiger partial charge in [-0.15, -0.1) is 0 Å². The molecular formula is C32H23NO2. The Hall–Kier alpha value is -4.50. The van der Waals surface area contributed by atoms with Gasteiger partial charge in [-0.05, 0) is 89.7 Å². The maximum atomic E-state index is 6.44. The van der Waals surface area contributed by atoms with Crippen molar-refractivity contribution < 1.29 is 9.47 Å². The molecule has 0 saturated carbocycles. The minimum absolute atomic E-state index is 0.795. The molecule has 0 fully saturated rings. The second-order valence-electron chi connectivity index (χ2n) is 9.14. The number of hydrogen-bond acceptors (Lipinski definition) is 3. The van der Waals surface area contributed by atoms with Gasteiger partial charge >= 0.3 is 0 Å². The summed E-state index contributed by atoms with van der Waals surface area (Å²) >= 11 is 0. The van der Waals surface area contributed by atoms with Gasteiger partial charge < -0.3 is 9.47 Å². The molecule has 0 aromatic heterocycles. The lowest BCUT2D eigenvalue weighted by Gasteiger charge is -2.38. The molecule has 0 N–H and O–H groups in total. The summed E-state index contributed by atoms with van der Waals surface area (Å²) < 4.78 is 12.9. The van der Waals surface area contributed by atoms with Crippen LogP contribution in [0, 0.1) is 13.8 Å². The molecule has 2 aliphatic heterocycles. The predicted octanol–water partition coefficient (Wildman–Crippen LogP) is 9.32. The van der Waals surface area contributed by atoms with Gasteiger partial charge in [0.15, 0.2) is 23.0 Å². The van der Waals surface area contributed by atoms with Crippen molar-refractivity contribution >= 4 is 17.1 Å². The summed E-state index contributed by atoms with van der Waals surface area (Å²) in [4.78, 5) is 2.25. The van der Waals surface area contributed by atoms with Crippen LogP contribution in [0.5, 0.6) is 23.0 Å². The summed E-state index contributed by atoms with van der Waals surface area (Å²) in [6.45, 7) is 4.33. The molecule has 5 aromatic carbocycles. The van der Waals surface area contributed by atoms with Crippen LogP contribution >= 0.6 is 0 Å². The van der Waals surface area contributed by atoms with Crippen LogP contribution in [0.15, 0.2) is 103 Å². The Morgan fingerprint density at radius 3 is 1.71 bits per heavy atom. The number of anilines is 3. The first-order valence-corrected chi connectivity index (χ1v) is 11.9. The molecule has 0 spiro atoms. The molecule has 0 saturated heterocycles. The Labute approximate surface area is 204 Å². The average Bonchev–Trinajstić information content (AvgIpc) is 2.89. The van der Waals surface area contributed by atoms with E-state index in [0.717, 1.165) is 51.2 Å². The maximum Gasteiger partial charge on any atom is 0.156 e. The lowest BCUT2D eigenvalue weighted by atomic mass is 9.92. The average molecular weight is 454 g/mol. The number of nitrogens with zero attached hydrogens (tertiary/aromatic N) is 1. The molecule has 0 unspecified atom stereocenters. The molecule has 0 radical (unpaired) electrons. The van der Waals surface area contributed by atoms with E-state index in [-0.39, 0.29) is 0 Å². The Morgan fingerprint density at radius 2 is 1.06 bits per heavy atom. The minimum Gasteiger partial charge on any atom is -0.453 e. The monoisotopic (exact) mass is 453 g/mol. The van der Waals surface area contributed by atoms with Gasteiger partial charge in [0, 0.05) is 0 Å². The van der Waals surface area contributed by atoms with Crippen LogP contribution in [0.4, 0.5) is 17.1 Å². The number of aryl methyl sites for hydroxylation is 2. The number of rotatable bonds is 2. The van der Waals surface area contributed by atoms with Gasteiger partial charge in [0.25, 0.3) is 0 Å². The fraction of sp³-hybridized carbons (Fsp3) is 0.0625. The molecule has 0 aliphatic carbocycles. The highest BCUT2D eigenvalue weighted by Gasteiger charge is 2.34. The van der Waals surface area contributed by atoms with Gasteiger partial charge in [-0.3, -0.25) is 4.90 Å². The minimum atomic E-state index is 0.795. The quantitative estimate of drug-likeness (QED) is 0.260. The molecule has 7 rings (SSSR count). The molecule has 5 aromatic rings. The molecule has 2 heterocycles. The molecule has 0 bridgehead atoms. The zero-order valence-electron chi connectivity index (χ0n) is 19.6. The lowest BCUT2D eigenvalue weighted by Crippen LogP contribution is -2.20. The van der Waals surface area contributed by atoms with Crippen molar-refractivity contribution in [2.75, 3.05) is 4.90 Å². The summed E-state index contributed by atoms with van der Waals surface area (Å²) in [6, 6.07) is 35.8. The Morgan fingerprint density at radius 1 is 0.486 bits per heavy atom. The van der Waals surface area contributed by atoms with Crippen LogP contribution < -0.4 is 14.4 Å². The smallest absolute Gasteiger partial charge is 0.156 e. The number of benzene rings is 5. The van der Waals surface area contributed by atoms with Gasteiger partial charge in [-0.1, -0.05) is 60.7 Å². The van der Waals surface area contributed by atoms with Crippen molar-refractivity contribution in [1.29, 1.82) is 0 Å². The van der Waals surface area contributed by atoms with Gasteiger partial charge in [-0.2, -0.15) is 0 Å². The van der Waals surface area contributed by atoms with E-state index in [1.807, 2.05) is 36.4 Å². The van der Waals surface area contributed by atoms with Crippen molar-refractivity contribution in [3.8, 4) is 45.3 Å². The van der Waals surface area contributed by atoms with Crippen LogP contribution in [0.2, 0.25) is 0 Å². The highest BCUT2D eigenvalue weighted by atomic mass is 16.5. The normalized spacial score (nSPS) is 12.7. The lowest BCUT2D eigenvalue weighted by molar-refractivity contribution is 0.446. The van der Waals surface area contributed by atoms with Gasteiger partial charge in [0.2, 0.25) is 0 Å². The number of ether oxygens (including phenoxy) is 2. The van der Waals surface area contributed by atoms with E-state index in [4.69, 9.17) is 9.47 Å². The van der Waals surface area contributed by atoms with Crippen LogP contribution in [0.1, 0.15) is 11.1 Å². The number of para-hydroxylation sites is 4. The van der Waals surface area contributed by atoms with Crippen LogP contribution in [-0.2, 0) is 0 Å². The Balaban J connectivity index is 1.43. The third-order valence-corrected chi connectivity index (χ3v) is 6.92. The summed E-state index contributed by atoms with van der Waals surface area (Å²) in [7, 11) is 0. The second kappa shape index (κ2) is 7.51. The number of hydrogen-bond donors (Lipinski definition) is 0. The van der Waals surface area contributed by atoms with E-state index in [9.17, 15) is 0 Å². The van der Waals surface area contributed by atoms with Crippen LogP contribution in [0.25, 0.3) is 22.3 Å². The van der Waals surface area contributed by atoms with Crippen molar-refractivity contribution in [2.45, 2.75) is 13.8 Å². The van der Waals surface area contributed by atoms with Crippen molar-refractivity contribution in [3.63, 3.8) is 0 Å². The molecule has 0 amide bonds. The molecule has 3 nitrogen and oxygen atoms in total. The molecular weight excluding hydrogens is 430 g/mol. The van der Waals surface area contributed by atoms with Gasteiger partial charge in [0.05, 0.1) is 11.4 Å². The van der Waals surface area contributed by atoms with E-state index in [1.54, 1.807) is 0 Å². The van der Waals surface area contributed by atoms with Gasteiger partial charge in [-0.25, -0.2) is 0 Å². The Bertz CT molecular complexity index is 1560. The molecule has 2 aliphatic rings. The summed E-state index contributed by atoms with van der Waals surface area (Å²) in [5.74, 6) is 3.26. The standard InChI is InChI=1S/C32H23NO2/c1-20-9-3-4-10-24(20)25-17-22(16-15-21(25)2)23-18-30-32-31(19-23)35-29-14-8-6-12-27(29)33(32)26-11-5-7-13-28(26)34-30/h3-19H,1-2H3. The van der Waals surface area contributed by atoms with Crippen molar-refractivity contribution in [2.24, 2.45) is 0 Å². The molecule has 3 heteroatoms. The van der Waals surface area contributed by atoms with Gasteiger partial charge in [0.1, 0.15) is 5.69 Å². The van der Waals surface area contributed by atoms with Crippen molar-refractivity contribution in [3.05, 3.63) is 114 Å². The first kappa shape index (κ1) is 19.9. The predicted molar refractivity (Wildman–Crippen MR) is 142 cm³/mol. The zero-order chi connectivity index (χ0) is 23.5. The summed E-state index contributed by atoms with van der Waals surface area (Å²) in [5, 5.41) is 0. The molecule has 0 atom stereocenters. The van der Waals surface area contributed by atoms with E-state index >= 15 is 0 Å². The number of fused-ring (bicyclic) bond motifs is 4. The van der Waals surface area contributed by atoms with Crippen LogP contribution in [0.3, 0.4) is 0 Å². The highest BCUT2D eigenvalue weighted by Crippen LogP contribution is 2.60. The third kappa shape index (κ3) is 3.05.